The normalized spacial score (nSPS) is 35.0. The maximum Gasteiger partial charge on any atom is 0.134 e. The van der Waals surface area contributed by atoms with E-state index in [9.17, 15) is 9.59 Å². The average molecular weight is 206 g/mol. The number of allylic oxidation sites excluding steroid dienone is 2. The Balaban J connectivity index is 2.20. The van der Waals surface area contributed by atoms with Crippen LogP contribution in [0.5, 0.6) is 0 Å². The quantitative estimate of drug-likeness (QED) is 0.651. The first-order valence-electron chi connectivity index (χ1n) is 5.81. The third-order valence-electron chi connectivity index (χ3n) is 3.81. The molecule has 2 heteroatoms. The number of hydrogen-bond donors (Lipinski definition) is 0. The number of carbonyl (C=O) groups excluding carboxylic acids is 2. The monoisotopic (exact) mass is 206 g/mol. The summed E-state index contributed by atoms with van der Waals surface area (Å²) in [4.78, 5) is 22.8. The van der Waals surface area contributed by atoms with Crippen molar-refractivity contribution in [2.24, 2.45) is 11.3 Å². The molecule has 0 aromatic carbocycles. The second-order valence-electron chi connectivity index (χ2n) is 5.05. The topological polar surface area (TPSA) is 34.1 Å². The second kappa shape index (κ2) is 3.92. The molecule has 0 aliphatic heterocycles. The van der Waals surface area contributed by atoms with Gasteiger partial charge in [-0.05, 0) is 37.5 Å². The Labute approximate surface area is 90.7 Å². The van der Waals surface area contributed by atoms with Crippen LogP contribution in [0.25, 0.3) is 0 Å². The molecule has 2 aliphatic rings. The van der Waals surface area contributed by atoms with E-state index in [1.54, 1.807) is 6.92 Å². The van der Waals surface area contributed by atoms with Crippen LogP contribution in [-0.4, -0.2) is 11.6 Å². The highest BCUT2D eigenvalue weighted by Gasteiger charge is 2.45. The van der Waals surface area contributed by atoms with Gasteiger partial charge < -0.3 is 4.79 Å². The van der Waals surface area contributed by atoms with Crippen molar-refractivity contribution in [1.82, 2.24) is 0 Å². The molecular formula is C13H18O2. The molecule has 0 radical (unpaired) electrons. The first kappa shape index (κ1) is 10.6. The molecule has 2 atom stereocenters. The zero-order valence-corrected chi connectivity index (χ0v) is 9.29. The van der Waals surface area contributed by atoms with Gasteiger partial charge in [0.05, 0.1) is 0 Å². The van der Waals surface area contributed by atoms with Gasteiger partial charge in [0.25, 0.3) is 0 Å². The minimum Gasteiger partial charge on any atom is -0.300 e. The van der Waals surface area contributed by atoms with Gasteiger partial charge in [0.1, 0.15) is 11.6 Å². The molecular weight excluding hydrogens is 188 g/mol. The van der Waals surface area contributed by atoms with Crippen LogP contribution in [0, 0.1) is 11.3 Å². The van der Waals surface area contributed by atoms with Gasteiger partial charge in [-0.3, -0.25) is 4.79 Å². The van der Waals surface area contributed by atoms with Crippen molar-refractivity contribution < 1.29 is 9.59 Å². The van der Waals surface area contributed by atoms with Crippen molar-refractivity contribution in [1.29, 1.82) is 0 Å². The molecule has 2 nitrogen and oxygen atoms in total. The summed E-state index contributed by atoms with van der Waals surface area (Å²) in [5.41, 5.74) is 0.0427. The van der Waals surface area contributed by atoms with Crippen LogP contribution in [0.2, 0.25) is 0 Å². The van der Waals surface area contributed by atoms with Crippen LogP contribution in [0.1, 0.15) is 45.4 Å². The first-order valence-corrected chi connectivity index (χ1v) is 5.81. The fraction of sp³-hybridized carbons (Fsp3) is 0.692. The summed E-state index contributed by atoms with van der Waals surface area (Å²) >= 11 is 0. The van der Waals surface area contributed by atoms with Crippen LogP contribution in [-0.2, 0) is 9.59 Å². The van der Waals surface area contributed by atoms with E-state index in [4.69, 9.17) is 0 Å². The zero-order chi connectivity index (χ0) is 10.9. The highest BCUT2D eigenvalue weighted by atomic mass is 16.1. The van der Waals surface area contributed by atoms with Crippen molar-refractivity contribution in [3.8, 4) is 0 Å². The number of Topliss-reactive ketones (excluding diaryl/α,β-unsaturated/α-hetero) is 2. The molecule has 0 N–H and O–H groups in total. The third-order valence-corrected chi connectivity index (χ3v) is 3.81. The maximum atomic E-state index is 11.6. The second-order valence-corrected chi connectivity index (χ2v) is 5.05. The summed E-state index contributed by atoms with van der Waals surface area (Å²) in [5, 5.41) is 0. The van der Waals surface area contributed by atoms with Crippen molar-refractivity contribution in [2.75, 3.05) is 0 Å². The van der Waals surface area contributed by atoms with Crippen LogP contribution >= 0.6 is 0 Å². The van der Waals surface area contributed by atoms with E-state index in [-0.39, 0.29) is 17.1 Å². The van der Waals surface area contributed by atoms with E-state index in [2.05, 4.69) is 12.2 Å². The first-order chi connectivity index (χ1) is 7.12. The number of ketones is 2. The summed E-state index contributed by atoms with van der Waals surface area (Å²) in [6.45, 7) is 1.63. The molecule has 1 fully saturated rings. The van der Waals surface area contributed by atoms with Crippen LogP contribution in [0.4, 0.5) is 0 Å². The zero-order valence-electron chi connectivity index (χ0n) is 9.29. The molecule has 82 valence electrons. The maximum absolute atomic E-state index is 11.6. The molecule has 15 heavy (non-hydrogen) atoms. The van der Waals surface area contributed by atoms with Gasteiger partial charge in [0.15, 0.2) is 0 Å². The highest BCUT2D eigenvalue weighted by Crippen LogP contribution is 2.49. The highest BCUT2D eigenvalue weighted by molar-refractivity contribution is 5.84. The van der Waals surface area contributed by atoms with Gasteiger partial charge in [0.2, 0.25) is 0 Å². The molecule has 0 heterocycles. The molecule has 0 saturated heterocycles. The van der Waals surface area contributed by atoms with Gasteiger partial charge in [-0.2, -0.15) is 0 Å². The Kier molecular flexibility index (Phi) is 2.76. The van der Waals surface area contributed by atoms with Crippen molar-refractivity contribution in [3.63, 3.8) is 0 Å². The Hall–Kier alpha value is -0.920. The summed E-state index contributed by atoms with van der Waals surface area (Å²) in [5.74, 6) is 0.833. The Morgan fingerprint density at radius 1 is 1.60 bits per heavy atom. The molecule has 1 spiro atoms. The lowest BCUT2D eigenvalue weighted by Crippen LogP contribution is -2.26. The summed E-state index contributed by atoms with van der Waals surface area (Å²) < 4.78 is 0. The summed E-state index contributed by atoms with van der Waals surface area (Å²) in [6, 6.07) is 0. The fourth-order valence-electron chi connectivity index (χ4n) is 3.12. The van der Waals surface area contributed by atoms with Gasteiger partial charge in [-0.1, -0.05) is 12.2 Å². The molecule has 0 bridgehead atoms. The minimum absolute atomic E-state index is 0.0427. The number of hydrogen-bond acceptors (Lipinski definition) is 2. The summed E-state index contributed by atoms with van der Waals surface area (Å²) in [6.07, 6.45) is 9.65. The predicted octanol–water partition coefficient (Wildman–Crippen LogP) is 2.67. The van der Waals surface area contributed by atoms with E-state index in [1.165, 1.54) is 0 Å². The fourth-order valence-corrected chi connectivity index (χ4v) is 3.12. The number of carbonyl (C=O) groups is 2. The molecule has 0 amide bonds. The smallest absolute Gasteiger partial charge is 0.134 e. The largest absolute Gasteiger partial charge is 0.300 e. The van der Waals surface area contributed by atoms with Crippen LogP contribution in [0.15, 0.2) is 12.2 Å². The Morgan fingerprint density at radius 3 is 3.00 bits per heavy atom. The Bertz CT molecular complexity index is 316. The van der Waals surface area contributed by atoms with E-state index >= 15 is 0 Å². The van der Waals surface area contributed by atoms with Crippen molar-refractivity contribution in [3.05, 3.63) is 12.2 Å². The van der Waals surface area contributed by atoms with E-state index in [1.807, 2.05) is 0 Å². The molecule has 2 rings (SSSR count). The molecule has 1 saturated carbocycles. The van der Waals surface area contributed by atoms with E-state index in [0.717, 1.165) is 19.3 Å². The number of rotatable bonds is 2. The van der Waals surface area contributed by atoms with Gasteiger partial charge in [-0.25, -0.2) is 0 Å². The van der Waals surface area contributed by atoms with Crippen molar-refractivity contribution in [2.45, 2.75) is 45.4 Å². The molecule has 2 aliphatic carbocycles. The standard InChI is InChI=1S/C13H18O2/c1-10(14)7-11-8-12(15)9-13(11)5-3-2-4-6-13/h3,5,11H,2,4,6-9H2,1H3. The summed E-state index contributed by atoms with van der Waals surface area (Å²) in [7, 11) is 0. The average Bonchev–Trinajstić information content (AvgIpc) is 2.43. The lowest BCUT2D eigenvalue weighted by molar-refractivity contribution is -0.118. The lowest BCUT2D eigenvalue weighted by atomic mass is 9.70. The van der Waals surface area contributed by atoms with E-state index < -0.39 is 0 Å². The Morgan fingerprint density at radius 2 is 2.40 bits per heavy atom. The van der Waals surface area contributed by atoms with Gasteiger partial charge in [0, 0.05) is 19.3 Å². The molecule has 0 aromatic heterocycles. The SMILES string of the molecule is CC(=O)CC1CC(=O)CC12C=CCCC2. The van der Waals surface area contributed by atoms with Crippen LogP contribution in [0.3, 0.4) is 0 Å². The molecule has 2 unspecified atom stereocenters. The third kappa shape index (κ3) is 2.04. The van der Waals surface area contributed by atoms with E-state index in [0.29, 0.717) is 25.0 Å². The predicted molar refractivity (Wildman–Crippen MR) is 58.5 cm³/mol. The lowest BCUT2D eigenvalue weighted by Gasteiger charge is -2.34. The van der Waals surface area contributed by atoms with Gasteiger partial charge >= 0.3 is 0 Å². The van der Waals surface area contributed by atoms with Crippen LogP contribution < -0.4 is 0 Å². The molecule has 0 aromatic rings. The van der Waals surface area contributed by atoms with Gasteiger partial charge in [-0.15, -0.1) is 0 Å². The minimum atomic E-state index is 0.0427. The van der Waals surface area contributed by atoms with Crippen molar-refractivity contribution >= 4 is 11.6 Å².